The highest BCUT2D eigenvalue weighted by Crippen LogP contribution is 2.23. The quantitative estimate of drug-likeness (QED) is 0.504. The standard InChI is InChI=1S/C12H23NO3/c1-2-16-12(14)10-15-8-7-13-9-11-5-3-4-6-11/h11,13H,2-10H2,1H3. The normalized spacial score (nSPS) is 16.6. The molecule has 0 aromatic rings. The number of rotatable bonds is 8. The van der Waals surface area contributed by atoms with Gasteiger partial charge in [0.25, 0.3) is 0 Å². The van der Waals surface area contributed by atoms with E-state index >= 15 is 0 Å². The summed E-state index contributed by atoms with van der Waals surface area (Å²) in [7, 11) is 0. The van der Waals surface area contributed by atoms with Gasteiger partial charge in [-0.15, -0.1) is 0 Å². The number of carbonyl (C=O) groups is 1. The monoisotopic (exact) mass is 229 g/mol. The van der Waals surface area contributed by atoms with Crippen molar-refractivity contribution >= 4 is 5.97 Å². The topological polar surface area (TPSA) is 47.6 Å². The van der Waals surface area contributed by atoms with E-state index < -0.39 is 0 Å². The molecule has 1 saturated carbocycles. The number of nitrogens with one attached hydrogen (secondary N) is 1. The van der Waals surface area contributed by atoms with Crippen molar-refractivity contribution in [2.45, 2.75) is 32.6 Å². The van der Waals surface area contributed by atoms with Crippen LogP contribution in [-0.2, 0) is 14.3 Å². The first kappa shape index (κ1) is 13.5. The van der Waals surface area contributed by atoms with Crippen molar-refractivity contribution in [3.8, 4) is 0 Å². The van der Waals surface area contributed by atoms with Crippen LogP contribution in [-0.4, -0.2) is 38.9 Å². The van der Waals surface area contributed by atoms with Crippen LogP contribution < -0.4 is 5.32 Å². The first-order chi connectivity index (χ1) is 7.83. The molecule has 0 aromatic heterocycles. The number of hydrogen-bond acceptors (Lipinski definition) is 4. The highest BCUT2D eigenvalue weighted by Gasteiger charge is 2.13. The van der Waals surface area contributed by atoms with Gasteiger partial charge in [0.2, 0.25) is 0 Å². The van der Waals surface area contributed by atoms with Crippen LogP contribution in [0, 0.1) is 5.92 Å². The molecule has 1 N–H and O–H groups in total. The predicted octanol–water partition coefficient (Wildman–Crippen LogP) is 1.35. The Morgan fingerprint density at radius 3 is 2.81 bits per heavy atom. The smallest absolute Gasteiger partial charge is 0.332 e. The molecule has 1 aliphatic rings. The molecule has 1 rings (SSSR count). The molecule has 0 radical (unpaired) electrons. The summed E-state index contributed by atoms with van der Waals surface area (Å²) in [6.07, 6.45) is 5.48. The summed E-state index contributed by atoms with van der Waals surface area (Å²) in [5.74, 6) is 0.573. The van der Waals surface area contributed by atoms with E-state index in [1.165, 1.54) is 25.7 Å². The van der Waals surface area contributed by atoms with Crippen molar-refractivity contribution in [1.82, 2.24) is 5.32 Å². The lowest BCUT2D eigenvalue weighted by molar-refractivity contribution is -0.148. The Balaban J connectivity index is 1.82. The summed E-state index contributed by atoms with van der Waals surface area (Å²) in [6, 6.07) is 0. The molecule has 0 amide bonds. The molecule has 0 aliphatic heterocycles. The minimum atomic E-state index is -0.279. The zero-order valence-corrected chi connectivity index (χ0v) is 10.2. The Labute approximate surface area is 97.7 Å². The maximum atomic E-state index is 10.9. The lowest BCUT2D eigenvalue weighted by Gasteiger charge is -2.10. The molecule has 0 heterocycles. The Hall–Kier alpha value is -0.610. The third-order valence-corrected chi connectivity index (χ3v) is 2.86. The largest absolute Gasteiger partial charge is 0.464 e. The second-order valence-electron chi connectivity index (χ2n) is 4.21. The molecule has 1 aliphatic carbocycles. The van der Waals surface area contributed by atoms with Crippen molar-refractivity contribution < 1.29 is 14.3 Å². The third kappa shape index (κ3) is 6.08. The van der Waals surface area contributed by atoms with E-state index in [1.807, 2.05) is 0 Å². The van der Waals surface area contributed by atoms with Gasteiger partial charge in [-0.2, -0.15) is 0 Å². The highest BCUT2D eigenvalue weighted by atomic mass is 16.6. The van der Waals surface area contributed by atoms with Crippen molar-refractivity contribution in [2.75, 3.05) is 32.9 Å². The molecule has 1 fully saturated rings. The van der Waals surface area contributed by atoms with Gasteiger partial charge in [-0.05, 0) is 32.2 Å². The van der Waals surface area contributed by atoms with E-state index in [1.54, 1.807) is 6.92 Å². The average Bonchev–Trinajstić information content (AvgIpc) is 2.76. The van der Waals surface area contributed by atoms with Gasteiger partial charge in [0, 0.05) is 6.54 Å². The SMILES string of the molecule is CCOC(=O)COCCNCC1CCCC1. The van der Waals surface area contributed by atoms with E-state index in [-0.39, 0.29) is 12.6 Å². The number of ether oxygens (including phenoxy) is 2. The Kier molecular flexibility index (Phi) is 7.17. The van der Waals surface area contributed by atoms with Gasteiger partial charge >= 0.3 is 5.97 Å². The molecule has 94 valence electrons. The molecule has 0 saturated heterocycles. The molecule has 0 atom stereocenters. The average molecular weight is 229 g/mol. The fourth-order valence-electron chi connectivity index (χ4n) is 2.02. The lowest BCUT2D eigenvalue weighted by atomic mass is 10.1. The Morgan fingerprint density at radius 2 is 2.12 bits per heavy atom. The fraction of sp³-hybridized carbons (Fsp3) is 0.917. The van der Waals surface area contributed by atoms with E-state index in [4.69, 9.17) is 9.47 Å². The molecule has 4 nitrogen and oxygen atoms in total. The number of esters is 1. The lowest BCUT2D eigenvalue weighted by Crippen LogP contribution is -2.26. The van der Waals surface area contributed by atoms with Crippen molar-refractivity contribution in [1.29, 1.82) is 0 Å². The van der Waals surface area contributed by atoms with Gasteiger partial charge in [-0.3, -0.25) is 0 Å². The van der Waals surface area contributed by atoms with Crippen LogP contribution in [0.3, 0.4) is 0 Å². The molecule has 16 heavy (non-hydrogen) atoms. The van der Waals surface area contributed by atoms with Crippen LogP contribution in [0.4, 0.5) is 0 Å². The Bertz CT molecular complexity index is 191. The molecule has 0 bridgehead atoms. The maximum absolute atomic E-state index is 10.9. The summed E-state index contributed by atoms with van der Waals surface area (Å²) >= 11 is 0. The second kappa shape index (κ2) is 8.53. The van der Waals surface area contributed by atoms with Crippen LogP contribution in [0.2, 0.25) is 0 Å². The molecule has 0 unspecified atom stereocenters. The molecule has 0 aromatic carbocycles. The minimum absolute atomic E-state index is 0.0684. The van der Waals surface area contributed by atoms with Crippen LogP contribution in [0.25, 0.3) is 0 Å². The first-order valence-electron chi connectivity index (χ1n) is 6.27. The van der Waals surface area contributed by atoms with Gasteiger partial charge in [0.15, 0.2) is 0 Å². The summed E-state index contributed by atoms with van der Waals surface area (Å²) in [5, 5.41) is 3.36. The predicted molar refractivity (Wildman–Crippen MR) is 62.3 cm³/mol. The zero-order valence-electron chi connectivity index (χ0n) is 10.2. The van der Waals surface area contributed by atoms with Crippen molar-refractivity contribution in [3.63, 3.8) is 0 Å². The second-order valence-corrected chi connectivity index (χ2v) is 4.21. The Morgan fingerprint density at radius 1 is 1.38 bits per heavy atom. The minimum Gasteiger partial charge on any atom is -0.464 e. The fourth-order valence-corrected chi connectivity index (χ4v) is 2.02. The number of hydrogen-bond donors (Lipinski definition) is 1. The van der Waals surface area contributed by atoms with Gasteiger partial charge < -0.3 is 14.8 Å². The van der Waals surface area contributed by atoms with Crippen LogP contribution in [0.5, 0.6) is 0 Å². The van der Waals surface area contributed by atoms with Gasteiger partial charge in [0.1, 0.15) is 6.61 Å². The van der Waals surface area contributed by atoms with Crippen molar-refractivity contribution in [2.24, 2.45) is 5.92 Å². The van der Waals surface area contributed by atoms with E-state index in [0.717, 1.165) is 19.0 Å². The summed E-state index contributed by atoms with van der Waals surface area (Å²) in [5.41, 5.74) is 0. The van der Waals surface area contributed by atoms with Gasteiger partial charge in [-0.25, -0.2) is 4.79 Å². The van der Waals surface area contributed by atoms with Crippen LogP contribution in [0.1, 0.15) is 32.6 Å². The third-order valence-electron chi connectivity index (χ3n) is 2.86. The van der Waals surface area contributed by atoms with Gasteiger partial charge in [0.05, 0.1) is 13.2 Å². The number of carbonyl (C=O) groups excluding carboxylic acids is 1. The first-order valence-corrected chi connectivity index (χ1v) is 6.27. The van der Waals surface area contributed by atoms with E-state index in [0.29, 0.717) is 13.2 Å². The molecule has 0 spiro atoms. The molecule has 4 heteroatoms. The van der Waals surface area contributed by atoms with E-state index in [2.05, 4.69) is 5.32 Å². The van der Waals surface area contributed by atoms with Gasteiger partial charge in [-0.1, -0.05) is 12.8 Å². The van der Waals surface area contributed by atoms with Crippen LogP contribution >= 0.6 is 0 Å². The van der Waals surface area contributed by atoms with Crippen molar-refractivity contribution in [3.05, 3.63) is 0 Å². The zero-order chi connectivity index (χ0) is 11.6. The summed E-state index contributed by atoms with van der Waals surface area (Å²) in [4.78, 5) is 10.9. The van der Waals surface area contributed by atoms with Crippen LogP contribution in [0.15, 0.2) is 0 Å². The summed E-state index contributed by atoms with van der Waals surface area (Å²) < 4.78 is 9.92. The summed E-state index contributed by atoms with van der Waals surface area (Å²) in [6.45, 7) is 4.76. The van der Waals surface area contributed by atoms with E-state index in [9.17, 15) is 4.79 Å². The maximum Gasteiger partial charge on any atom is 0.332 e. The highest BCUT2D eigenvalue weighted by molar-refractivity contribution is 5.70. The molecular weight excluding hydrogens is 206 g/mol. The molecular formula is C12H23NO3.